The Labute approximate surface area is 127 Å². The fraction of sp³-hybridized carbons (Fsp3) is 0.154. The van der Waals surface area contributed by atoms with Crippen LogP contribution in [0.15, 0.2) is 22.7 Å². The molecular weight excluding hydrogens is 344 g/mol. The van der Waals surface area contributed by atoms with E-state index in [1.165, 1.54) is 17.4 Å². The van der Waals surface area contributed by atoms with Crippen molar-refractivity contribution in [1.29, 1.82) is 0 Å². The van der Waals surface area contributed by atoms with Crippen LogP contribution in [0.4, 0.5) is 5.69 Å². The number of anilines is 1. The summed E-state index contributed by atoms with van der Waals surface area (Å²) in [7, 11) is 0. The molecule has 5 nitrogen and oxygen atoms in total. The number of benzene rings is 1. The summed E-state index contributed by atoms with van der Waals surface area (Å²) >= 11 is 4.53. The lowest BCUT2D eigenvalue weighted by Crippen LogP contribution is -2.15. The number of aryl methyl sites for hydroxylation is 2. The van der Waals surface area contributed by atoms with E-state index in [1.54, 1.807) is 19.1 Å². The van der Waals surface area contributed by atoms with E-state index in [-0.39, 0.29) is 17.2 Å². The fourth-order valence-electron chi connectivity index (χ4n) is 1.74. The van der Waals surface area contributed by atoms with Crippen molar-refractivity contribution in [2.24, 2.45) is 0 Å². The van der Waals surface area contributed by atoms with Gasteiger partial charge in [-0.25, -0.2) is 9.78 Å². The number of rotatable bonds is 3. The summed E-state index contributed by atoms with van der Waals surface area (Å²) in [6, 6.07) is 4.71. The van der Waals surface area contributed by atoms with E-state index >= 15 is 0 Å². The van der Waals surface area contributed by atoms with Crippen molar-refractivity contribution in [2.75, 3.05) is 5.32 Å². The number of thiazole rings is 1. The lowest BCUT2D eigenvalue weighted by molar-refractivity contribution is 0.0698. The molecule has 0 spiro atoms. The van der Waals surface area contributed by atoms with Gasteiger partial charge in [0.1, 0.15) is 4.88 Å². The van der Waals surface area contributed by atoms with Gasteiger partial charge in [0.15, 0.2) is 0 Å². The van der Waals surface area contributed by atoms with Crippen LogP contribution in [0.1, 0.15) is 30.7 Å². The van der Waals surface area contributed by atoms with Crippen LogP contribution in [0.25, 0.3) is 0 Å². The number of halogens is 1. The van der Waals surface area contributed by atoms with E-state index in [0.717, 1.165) is 5.01 Å². The molecule has 2 N–H and O–H groups in total. The summed E-state index contributed by atoms with van der Waals surface area (Å²) in [6.07, 6.45) is 0. The largest absolute Gasteiger partial charge is 0.478 e. The van der Waals surface area contributed by atoms with E-state index in [2.05, 4.69) is 26.2 Å². The molecule has 0 radical (unpaired) electrons. The molecule has 104 valence electrons. The second kappa shape index (κ2) is 5.72. The van der Waals surface area contributed by atoms with Gasteiger partial charge in [0, 0.05) is 4.47 Å². The molecule has 1 heterocycles. The van der Waals surface area contributed by atoms with Gasteiger partial charge in [-0.05, 0) is 41.9 Å². The standard InChI is InChI=1S/C13H11BrN2O3S/c1-6-11(20-7(2)15-6)12(17)16-10-8(13(18)19)4-3-5-9(10)14/h3-5H,1-2H3,(H,16,17)(H,18,19). The van der Waals surface area contributed by atoms with Crippen LogP contribution in [0.3, 0.4) is 0 Å². The highest BCUT2D eigenvalue weighted by Gasteiger charge is 2.19. The van der Waals surface area contributed by atoms with Crippen LogP contribution in [0.5, 0.6) is 0 Å². The molecule has 1 amide bonds. The van der Waals surface area contributed by atoms with Gasteiger partial charge in [-0.3, -0.25) is 4.79 Å². The number of para-hydroxylation sites is 1. The molecule has 1 aromatic heterocycles. The SMILES string of the molecule is Cc1nc(C)c(C(=O)Nc2c(Br)cccc2C(=O)O)s1. The zero-order valence-corrected chi connectivity index (χ0v) is 13.1. The lowest BCUT2D eigenvalue weighted by atomic mass is 10.2. The van der Waals surface area contributed by atoms with Crippen molar-refractivity contribution < 1.29 is 14.7 Å². The van der Waals surface area contributed by atoms with Crippen LogP contribution in [0, 0.1) is 13.8 Å². The molecule has 0 atom stereocenters. The Morgan fingerprint density at radius 1 is 1.35 bits per heavy atom. The Morgan fingerprint density at radius 2 is 2.05 bits per heavy atom. The van der Waals surface area contributed by atoms with Crippen LogP contribution >= 0.6 is 27.3 Å². The Balaban J connectivity index is 2.37. The maximum Gasteiger partial charge on any atom is 0.337 e. The number of aromatic nitrogens is 1. The minimum absolute atomic E-state index is 0.0339. The minimum Gasteiger partial charge on any atom is -0.478 e. The van der Waals surface area contributed by atoms with E-state index in [4.69, 9.17) is 5.11 Å². The van der Waals surface area contributed by atoms with Gasteiger partial charge in [-0.1, -0.05) is 6.07 Å². The maximum absolute atomic E-state index is 12.2. The average Bonchev–Trinajstić information content (AvgIpc) is 2.70. The summed E-state index contributed by atoms with van der Waals surface area (Å²) in [5.41, 5.74) is 0.913. The zero-order chi connectivity index (χ0) is 14.9. The third-order valence-corrected chi connectivity index (χ3v) is 4.32. The Hall–Kier alpha value is -1.73. The van der Waals surface area contributed by atoms with Gasteiger partial charge < -0.3 is 10.4 Å². The Morgan fingerprint density at radius 3 is 2.60 bits per heavy atom. The normalized spacial score (nSPS) is 10.3. The van der Waals surface area contributed by atoms with Crippen LogP contribution in [-0.4, -0.2) is 22.0 Å². The maximum atomic E-state index is 12.2. The highest BCUT2D eigenvalue weighted by atomic mass is 79.9. The molecule has 0 saturated heterocycles. The molecule has 0 aliphatic heterocycles. The molecular formula is C13H11BrN2O3S. The third kappa shape index (κ3) is 2.88. The van der Waals surface area contributed by atoms with E-state index < -0.39 is 5.97 Å². The first-order valence-electron chi connectivity index (χ1n) is 5.67. The highest BCUT2D eigenvalue weighted by molar-refractivity contribution is 9.10. The number of carbonyl (C=O) groups is 2. The molecule has 0 aliphatic rings. The Bertz CT molecular complexity index is 697. The van der Waals surface area contributed by atoms with Crippen molar-refractivity contribution >= 4 is 44.8 Å². The number of carbonyl (C=O) groups excluding carboxylic acids is 1. The third-order valence-electron chi connectivity index (χ3n) is 2.59. The lowest BCUT2D eigenvalue weighted by Gasteiger charge is -2.09. The molecule has 20 heavy (non-hydrogen) atoms. The first kappa shape index (κ1) is 14.7. The van der Waals surface area contributed by atoms with E-state index in [0.29, 0.717) is 15.0 Å². The molecule has 7 heteroatoms. The molecule has 2 rings (SSSR count). The number of carboxylic acid groups (broad SMARTS) is 1. The average molecular weight is 355 g/mol. The summed E-state index contributed by atoms with van der Waals surface area (Å²) in [5.74, 6) is -1.46. The van der Waals surface area contributed by atoms with Crippen molar-refractivity contribution in [3.8, 4) is 0 Å². The fourth-order valence-corrected chi connectivity index (χ4v) is 3.02. The number of nitrogens with one attached hydrogen (secondary N) is 1. The number of aromatic carboxylic acids is 1. The number of carboxylic acids is 1. The molecule has 0 bridgehead atoms. The highest BCUT2D eigenvalue weighted by Crippen LogP contribution is 2.28. The molecule has 0 saturated carbocycles. The predicted molar refractivity (Wildman–Crippen MR) is 80.6 cm³/mol. The first-order chi connectivity index (χ1) is 9.40. The summed E-state index contributed by atoms with van der Waals surface area (Å²) in [5, 5.41) is 12.6. The van der Waals surface area contributed by atoms with Gasteiger partial charge in [0.05, 0.1) is 22.0 Å². The smallest absolute Gasteiger partial charge is 0.337 e. The van der Waals surface area contributed by atoms with Gasteiger partial charge >= 0.3 is 5.97 Å². The first-order valence-corrected chi connectivity index (χ1v) is 7.28. The molecule has 1 aromatic carbocycles. The topological polar surface area (TPSA) is 79.3 Å². The van der Waals surface area contributed by atoms with E-state index in [1.807, 2.05) is 6.92 Å². The quantitative estimate of drug-likeness (QED) is 0.884. The van der Waals surface area contributed by atoms with Crippen molar-refractivity contribution in [1.82, 2.24) is 4.98 Å². The second-order valence-electron chi connectivity index (χ2n) is 4.07. The van der Waals surface area contributed by atoms with Crippen molar-refractivity contribution in [3.63, 3.8) is 0 Å². The zero-order valence-electron chi connectivity index (χ0n) is 10.7. The van der Waals surface area contributed by atoms with E-state index in [9.17, 15) is 9.59 Å². The monoisotopic (exact) mass is 354 g/mol. The van der Waals surface area contributed by atoms with Crippen LogP contribution < -0.4 is 5.32 Å². The van der Waals surface area contributed by atoms with Gasteiger partial charge in [0.2, 0.25) is 0 Å². The number of hydrogen-bond acceptors (Lipinski definition) is 4. The van der Waals surface area contributed by atoms with Gasteiger partial charge in [-0.2, -0.15) is 0 Å². The summed E-state index contributed by atoms with van der Waals surface area (Å²) in [6.45, 7) is 3.56. The molecule has 0 aliphatic carbocycles. The van der Waals surface area contributed by atoms with Crippen LogP contribution in [-0.2, 0) is 0 Å². The molecule has 2 aromatic rings. The molecule has 0 fully saturated rings. The van der Waals surface area contributed by atoms with Crippen molar-refractivity contribution in [2.45, 2.75) is 13.8 Å². The molecule has 0 unspecified atom stereocenters. The van der Waals surface area contributed by atoms with Gasteiger partial charge in [-0.15, -0.1) is 11.3 Å². The summed E-state index contributed by atoms with van der Waals surface area (Å²) in [4.78, 5) is 28.1. The predicted octanol–water partition coefficient (Wildman–Crippen LogP) is 3.47. The number of hydrogen-bond donors (Lipinski definition) is 2. The number of nitrogens with zero attached hydrogens (tertiary/aromatic N) is 1. The Kier molecular flexibility index (Phi) is 4.20. The van der Waals surface area contributed by atoms with Crippen LogP contribution in [0.2, 0.25) is 0 Å². The second-order valence-corrected chi connectivity index (χ2v) is 6.13. The summed E-state index contributed by atoms with van der Waals surface area (Å²) < 4.78 is 0.518. The van der Waals surface area contributed by atoms with Crippen molar-refractivity contribution in [3.05, 3.63) is 43.8 Å². The minimum atomic E-state index is -1.10. The van der Waals surface area contributed by atoms with Gasteiger partial charge in [0.25, 0.3) is 5.91 Å². The number of amides is 1.